The minimum Gasteiger partial charge on any atom is -0.353 e. The van der Waals surface area contributed by atoms with Gasteiger partial charge in [-0.25, -0.2) is 0 Å². The first-order chi connectivity index (χ1) is 13.5. The second-order valence-corrected chi connectivity index (χ2v) is 7.35. The van der Waals surface area contributed by atoms with Crippen LogP contribution in [0.3, 0.4) is 0 Å². The molecule has 8 heteroatoms. The number of ether oxygens (including phenoxy) is 2. The second kappa shape index (κ2) is 9.51. The lowest BCUT2D eigenvalue weighted by molar-refractivity contribution is -0.415. The van der Waals surface area contributed by atoms with Gasteiger partial charge in [-0.15, -0.1) is 0 Å². The van der Waals surface area contributed by atoms with E-state index in [2.05, 4.69) is 11.3 Å². The first-order valence-electron chi connectivity index (χ1n) is 9.67. The lowest BCUT2D eigenvalue weighted by atomic mass is 9.87. The van der Waals surface area contributed by atoms with E-state index >= 15 is 0 Å². The Morgan fingerprint density at radius 2 is 1.55 bits per heavy atom. The Bertz CT molecular complexity index is 631. The number of alkyl halides is 6. The maximum Gasteiger partial charge on any atom is 0.430 e. The Labute approximate surface area is 166 Å². The van der Waals surface area contributed by atoms with Crippen LogP contribution in [0.25, 0.3) is 6.08 Å². The van der Waals surface area contributed by atoms with Gasteiger partial charge in [-0.1, -0.05) is 69.0 Å². The minimum absolute atomic E-state index is 0.0486. The van der Waals surface area contributed by atoms with E-state index in [-0.39, 0.29) is 6.61 Å². The van der Waals surface area contributed by atoms with Crippen molar-refractivity contribution in [2.24, 2.45) is 5.92 Å². The lowest BCUT2D eigenvalue weighted by Gasteiger charge is -2.39. The zero-order chi connectivity index (χ0) is 21.7. The number of halogens is 6. The third kappa shape index (κ3) is 5.54. The Morgan fingerprint density at radius 1 is 1.00 bits per heavy atom. The zero-order valence-electron chi connectivity index (χ0n) is 16.3. The molecule has 0 heterocycles. The van der Waals surface area contributed by atoms with Gasteiger partial charge in [0.15, 0.2) is 6.29 Å². The third-order valence-electron chi connectivity index (χ3n) is 5.30. The summed E-state index contributed by atoms with van der Waals surface area (Å²) in [4.78, 5) is 0. The van der Waals surface area contributed by atoms with Gasteiger partial charge in [0.1, 0.15) is 0 Å². The first-order valence-corrected chi connectivity index (χ1v) is 9.67. The van der Waals surface area contributed by atoms with Crippen LogP contribution in [0.2, 0.25) is 0 Å². The predicted octanol–water partition coefficient (Wildman–Crippen LogP) is 7.00. The summed E-state index contributed by atoms with van der Waals surface area (Å²) in [5.41, 5.74) is -5.14. The molecule has 1 unspecified atom stereocenters. The summed E-state index contributed by atoms with van der Waals surface area (Å²) in [7, 11) is 0. The molecule has 1 aliphatic rings. The molecule has 0 N–H and O–H groups in total. The third-order valence-corrected chi connectivity index (χ3v) is 5.30. The molecule has 0 bridgehead atoms. The van der Waals surface area contributed by atoms with Crippen molar-refractivity contribution in [2.75, 3.05) is 6.61 Å². The topological polar surface area (TPSA) is 18.5 Å². The van der Waals surface area contributed by atoms with Crippen molar-refractivity contribution >= 4 is 6.08 Å². The number of hydrogen-bond acceptors (Lipinski definition) is 2. The van der Waals surface area contributed by atoms with Crippen molar-refractivity contribution in [1.82, 2.24) is 0 Å². The second-order valence-electron chi connectivity index (χ2n) is 7.35. The van der Waals surface area contributed by atoms with E-state index in [1.807, 2.05) is 0 Å². The molecule has 1 saturated carbocycles. The predicted molar refractivity (Wildman–Crippen MR) is 98.0 cm³/mol. The van der Waals surface area contributed by atoms with Crippen LogP contribution in [0.5, 0.6) is 0 Å². The summed E-state index contributed by atoms with van der Waals surface area (Å²) in [6.07, 6.45) is -5.92. The fourth-order valence-corrected chi connectivity index (χ4v) is 3.70. The van der Waals surface area contributed by atoms with Gasteiger partial charge in [0, 0.05) is 12.2 Å². The van der Waals surface area contributed by atoms with E-state index in [9.17, 15) is 26.3 Å². The van der Waals surface area contributed by atoms with Crippen molar-refractivity contribution in [3.05, 3.63) is 42.0 Å². The number of benzene rings is 1. The molecule has 1 fully saturated rings. The van der Waals surface area contributed by atoms with Crippen LogP contribution in [0.1, 0.15) is 56.6 Å². The number of rotatable bonds is 8. The minimum atomic E-state index is -5.73. The molecule has 164 valence electrons. The normalized spacial score (nSPS) is 17.9. The van der Waals surface area contributed by atoms with Crippen molar-refractivity contribution in [1.29, 1.82) is 0 Å². The molecule has 0 aromatic heterocycles. The van der Waals surface area contributed by atoms with Crippen molar-refractivity contribution < 1.29 is 35.8 Å². The molecule has 0 saturated heterocycles. The Balaban J connectivity index is 2.20. The van der Waals surface area contributed by atoms with Gasteiger partial charge in [-0.3, -0.25) is 0 Å². The average Bonchev–Trinajstić information content (AvgIpc) is 2.65. The lowest BCUT2D eigenvalue weighted by Crippen LogP contribution is -2.57. The van der Waals surface area contributed by atoms with Crippen LogP contribution in [0.4, 0.5) is 26.3 Å². The summed E-state index contributed by atoms with van der Waals surface area (Å²) in [5, 5.41) is 0. The maximum atomic E-state index is 13.8. The molecular weight excluding hydrogens is 398 g/mol. The van der Waals surface area contributed by atoms with Crippen LogP contribution in [0, 0.1) is 5.92 Å². The van der Waals surface area contributed by atoms with Crippen LogP contribution >= 0.6 is 0 Å². The molecular formula is C21H26F6O2. The van der Waals surface area contributed by atoms with Gasteiger partial charge in [-0.2, -0.15) is 26.3 Å². The summed E-state index contributed by atoms with van der Waals surface area (Å²) in [6, 6.07) is 3.78. The molecule has 29 heavy (non-hydrogen) atoms. The zero-order valence-corrected chi connectivity index (χ0v) is 16.3. The molecule has 2 nitrogen and oxygen atoms in total. The van der Waals surface area contributed by atoms with Crippen LogP contribution in [-0.4, -0.2) is 25.2 Å². The molecule has 1 aromatic carbocycles. The molecule has 1 aliphatic carbocycles. The fraction of sp³-hybridized carbons (Fsp3) is 0.619. The van der Waals surface area contributed by atoms with Crippen molar-refractivity contribution in [3.8, 4) is 0 Å². The van der Waals surface area contributed by atoms with E-state index in [1.165, 1.54) is 6.08 Å². The van der Waals surface area contributed by atoms with Crippen LogP contribution < -0.4 is 0 Å². The SMILES string of the molecule is C=Cc1ccc(C(OC(C)OCCC2CCCCC2)(C(F)(F)F)C(F)(F)F)cc1. The maximum absolute atomic E-state index is 13.8. The molecule has 0 aliphatic heterocycles. The van der Waals surface area contributed by atoms with Gasteiger partial charge >= 0.3 is 12.4 Å². The molecule has 1 aromatic rings. The van der Waals surface area contributed by atoms with Crippen molar-refractivity contribution in [3.63, 3.8) is 0 Å². The summed E-state index contributed by atoms with van der Waals surface area (Å²) in [6.45, 7) is 4.55. The molecule has 1 atom stereocenters. The van der Waals surface area contributed by atoms with Gasteiger partial charge in [0.25, 0.3) is 5.60 Å². The van der Waals surface area contributed by atoms with Crippen LogP contribution in [-0.2, 0) is 15.1 Å². The van der Waals surface area contributed by atoms with Crippen LogP contribution in [0.15, 0.2) is 30.8 Å². The molecule has 0 spiro atoms. The highest BCUT2D eigenvalue weighted by molar-refractivity contribution is 5.48. The fourth-order valence-electron chi connectivity index (χ4n) is 3.70. The Kier molecular flexibility index (Phi) is 7.79. The Hall–Kier alpha value is -1.54. The van der Waals surface area contributed by atoms with Crippen molar-refractivity contribution in [2.45, 2.75) is 69.7 Å². The standard InChI is InChI=1S/C21H26F6O2/c1-3-16-9-11-18(12-10-16)19(20(22,23)24,21(25,26)27)29-15(2)28-14-13-17-7-5-4-6-8-17/h3,9-12,15,17H,1,4-8,13-14H2,2H3. The molecule has 2 rings (SSSR count). The van der Waals surface area contributed by atoms with Gasteiger partial charge in [-0.05, 0) is 24.8 Å². The monoisotopic (exact) mass is 424 g/mol. The van der Waals surface area contributed by atoms with Gasteiger partial charge < -0.3 is 9.47 Å². The number of hydrogen-bond donors (Lipinski definition) is 0. The van der Waals surface area contributed by atoms with E-state index in [0.717, 1.165) is 63.3 Å². The molecule has 0 radical (unpaired) electrons. The summed E-state index contributed by atoms with van der Waals surface area (Å²) >= 11 is 0. The van der Waals surface area contributed by atoms with Gasteiger partial charge in [0.2, 0.25) is 0 Å². The largest absolute Gasteiger partial charge is 0.430 e. The average molecular weight is 424 g/mol. The van der Waals surface area contributed by atoms with E-state index in [4.69, 9.17) is 4.74 Å². The van der Waals surface area contributed by atoms with E-state index < -0.39 is 29.8 Å². The smallest absolute Gasteiger partial charge is 0.353 e. The molecule has 0 amide bonds. The highest BCUT2D eigenvalue weighted by Gasteiger charge is 2.74. The quantitative estimate of drug-likeness (QED) is 0.330. The Morgan fingerprint density at radius 3 is 2.03 bits per heavy atom. The van der Waals surface area contributed by atoms with E-state index in [1.54, 1.807) is 0 Å². The van der Waals surface area contributed by atoms with Gasteiger partial charge in [0.05, 0.1) is 0 Å². The van der Waals surface area contributed by atoms with E-state index in [0.29, 0.717) is 17.9 Å². The summed E-state index contributed by atoms with van der Waals surface area (Å²) < 4.78 is 92.6. The highest BCUT2D eigenvalue weighted by Crippen LogP contribution is 2.53. The highest BCUT2D eigenvalue weighted by atomic mass is 19.4. The first kappa shape index (κ1) is 23.7. The summed E-state index contributed by atoms with van der Waals surface area (Å²) in [5.74, 6) is 0.386.